The zero-order valence-corrected chi connectivity index (χ0v) is 9.49. The van der Waals surface area contributed by atoms with Gasteiger partial charge in [-0.25, -0.2) is 0 Å². The number of nitrogens with zero attached hydrogens (tertiary/aromatic N) is 3. The summed E-state index contributed by atoms with van der Waals surface area (Å²) in [6.45, 7) is 2.72. The Kier molecular flexibility index (Phi) is 3.97. The van der Waals surface area contributed by atoms with E-state index in [2.05, 4.69) is 10.3 Å². The highest BCUT2D eigenvalue weighted by Crippen LogP contribution is 2.16. The van der Waals surface area contributed by atoms with Crippen molar-refractivity contribution in [2.75, 3.05) is 19.1 Å². The second-order valence-corrected chi connectivity index (χ2v) is 4.30. The fraction of sp³-hybridized carbons (Fsp3) is 0.800. The van der Waals surface area contributed by atoms with Crippen molar-refractivity contribution in [1.29, 1.82) is 0 Å². The highest BCUT2D eigenvalue weighted by molar-refractivity contribution is 6.17. The first-order chi connectivity index (χ1) is 7.38. The molecule has 0 bridgehead atoms. The maximum Gasteiger partial charge on any atom is 0.0839 e. The Morgan fingerprint density at radius 1 is 1.47 bits per heavy atom. The zero-order valence-electron chi connectivity index (χ0n) is 8.73. The molecule has 0 saturated carbocycles. The largest absolute Gasteiger partial charge is 0.381 e. The first-order valence-corrected chi connectivity index (χ1v) is 5.94. The van der Waals surface area contributed by atoms with Crippen molar-refractivity contribution in [1.82, 2.24) is 15.0 Å². The molecule has 1 aromatic rings. The smallest absolute Gasteiger partial charge is 0.0839 e. The van der Waals surface area contributed by atoms with Gasteiger partial charge in [-0.15, -0.1) is 16.7 Å². The highest BCUT2D eigenvalue weighted by atomic mass is 35.5. The lowest BCUT2D eigenvalue weighted by Gasteiger charge is -2.21. The van der Waals surface area contributed by atoms with Crippen molar-refractivity contribution in [3.63, 3.8) is 0 Å². The van der Waals surface area contributed by atoms with Gasteiger partial charge in [-0.2, -0.15) is 0 Å². The summed E-state index contributed by atoms with van der Waals surface area (Å²) < 4.78 is 7.25. The monoisotopic (exact) mass is 229 g/mol. The summed E-state index contributed by atoms with van der Waals surface area (Å²) in [6, 6.07) is 0. The van der Waals surface area contributed by atoms with Gasteiger partial charge in [-0.3, -0.25) is 4.68 Å². The Hall–Kier alpha value is -0.610. The topological polar surface area (TPSA) is 39.9 Å². The Morgan fingerprint density at radius 3 is 3.00 bits per heavy atom. The first-order valence-electron chi connectivity index (χ1n) is 5.41. The van der Waals surface area contributed by atoms with Gasteiger partial charge < -0.3 is 4.74 Å². The van der Waals surface area contributed by atoms with Gasteiger partial charge in [-0.1, -0.05) is 5.21 Å². The van der Waals surface area contributed by atoms with Crippen molar-refractivity contribution in [2.45, 2.75) is 25.8 Å². The molecule has 2 heterocycles. The SMILES string of the molecule is ClCCc1cn(CC2CCOCC2)nn1. The molecule has 84 valence electrons. The second-order valence-electron chi connectivity index (χ2n) is 3.93. The number of hydrogen-bond donors (Lipinski definition) is 0. The number of hydrogen-bond acceptors (Lipinski definition) is 3. The van der Waals surface area contributed by atoms with Crippen molar-refractivity contribution in [3.8, 4) is 0 Å². The minimum absolute atomic E-state index is 0.607. The van der Waals surface area contributed by atoms with Crippen LogP contribution in [-0.2, 0) is 17.7 Å². The number of halogens is 1. The minimum atomic E-state index is 0.607. The molecule has 0 atom stereocenters. The minimum Gasteiger partial charge on any atom is -0.381 e. The van der Waals surface area contributed by atoms with Crippen molar-refractivity contribution in [2.24, 2.45) is 5.92 Å². The molecule has 1 fully saturated rings. The van der Waals surface area contributed by atoms with Crippen molar-refractivity contribution in [3.05, 3.63) is 11.9 Å². The van der Waals surface area contributed by atoms with Crippen molar-refractivity contribution >= 4 is 11.6 Å². The lowest BCUT2D eigenvalue weighted by atomic mass is 10.0. The molecule has 0 amide bonds. The van der Waals surface area contributed by atoms with E-state index in [1.807, 2.05) is 10.9 Å². The number of aromatic nitrogens is 3. The zero-order chi connectivity index (χ0) is 10.5. The van der Waals surface area contributed by atoms with Crippen LogP contribution in [0.2, 0.25) is 0 Å². The average Bonchev–Trinajstić information content (AvgIpc) is 2.68. The summed E-state index contributed by atoms with van der Waals surface area (Å²) >= 11 is 5.64. The van der Waals surface area contributed by atoms with Crippen LogP contribution in [0.15, 0.2) is 6.20 Å². The molecule has 0 aromatic carbocycles. The number of rotatable bonds is 4. The van der Waals surface area contributed by atoms with Crippen LogP contribution in [0.5, 0.6) is 0 Å². The van der Waals surface area contributed by atoms with E-state index in [-0.39, 0.29) is 0 Å². The van der Waals surface area contributed by atoms with Gasteiger partial charge in [-0.05, 0) is 18.8 Å². The summed E-state index contributed by atoms with van der Waals surface area (Å²) in [5, 5.41) is 8.16. The van der Waals surface area contributed by atoms with Gasteiger partial charge in [0.25, 0.3) is 0 Å². The molecule has 0 unspecified atom stereocenters. The van der Waals surface area contributed by atoms with Crippen LogP contribution in [0.3, 0.4) is 0 Å². The molecule has 0 aliphatic carbocycles. The van der Waals surface area contributed by atoms with Crippen LogP contribution < -0.4 is 0 Å². The maximum atomic E-state index is 5.64. The molecule has 1 aliphatic rings. The van der Waals surface area contributed by atoms with Crippen molar-refractivity contribution < 1.29 is 4.74 Å². The van der Waals surface area contributed by atoms with Crippen LogP contribution in [0.25, 0.3) is 0 Å². The van der Waals surface area contributed by atoms with E-state index in [0.29, 0.717) is 11.8 Å². The Morgan fingerprint density at radius 2 is 2.27 bits per heavy atom. The van der Waals surface area contributed by atoms with E-state index in [9.17, 15) is 0 Å². The molecule has 1 saturated heterocycles. The number of ether oxygens (including phenoxy) is 1. The molecule has 0 N–H and O–H groups in total. The average molecular weight is 230 g/mol. The quantitative estimate of drug-likeness (QED) is 0.735. The maximum absolute atomic E-state index is 5.64. The lowest BCUT2D eigenvalue weighted by Crippen LogP contribution is -2.20. The Labute approximate surface area is 94.6 Å². The predicted molar refractivity (Wildman–Crippen MR) is 58.0 cm³/mol. The molecular formula is C10H16ClN3O. The fourth-order valence-corrected chi connectivity index (χ4v) is 2.03. The Bertz CT molecular complexity index is 297. The molecule has 2 rings (SSSR count). The van der Waals surface area contributed by atoms with E-state index < -0.39 is 0 Å². The van der Waals surface area contributed by atoms with E-state index in [0.717, 1.165) is 44.7 Å². The normalized spacial score (nSPS) is 18.2. The molecule has 0 spiro atoms. The number of alkyl halides is 1. The predicted octanol–water partition coefficient (Wildman–Crippen LogP) is 1.49. The summed E-state index contributed by atoms with van der Waals surface area (Å²) in [5.41, 5.74) is 0.983. The van der Waals surface area contributed by atoms with E-state index in [4.69, 9.17) is 16.3 Å². The van der Waals surface area contributed by atoms with Gasteiger partial charge in [0.2, 0.25) is 0 Å². The third kappa shape index (κ3) is 3.18. The van der Waals surface area contributed by atoms with Crippen LogP contribution in [-0.4, -0.2) is 34.1 Å². The van der Waals surface area contributed by atoms with Gasteiger partial charge in [0.15, 0.2) is 0 Å². The highest BCUT2D eigenvalue weighted by Gasteiger charge is 2.14. The van der Waals surface area contributed by atoms with Gasteiger partial charge >= 0.3 is 0 Å². The summed E-state index contributed by atoms with van der Waals surface area (Å²) in [5.74, 6) is 1.29. The van der Waals surface area contributed by atoms with Gasteiger partial charge in [0.05, 0.1) is 5.69 Å². The molecular weight excluding hydrogens is 214 g/mol. The van der Waals surface area contributed by atoms with Crippen LogP contribution >= 0.6 is 11.6 Å². The third-order valence-corrected chi connectivity index (χ3v) is 2.91. The van der Waals surface area contributed by atoms with E-state index >= 15 is 0 Å². The second kappa shape index (κ2) is 5.47. The third-order valence-electron chi connectivity index (χ3n) is 2.72. The van der Waals surface area contributed by atoms with Gasteiger partial charge in [0.1, 0.15) is 0 Å². The molecule has 15 heavy (non-hydrogen) atoms. The molecule has 1 aromatic heterocycles. The standard InChI is InChI=1S/C10H16ClN3O/c11-4-1-10-8-14(13-12-10)7-9-2-5-15-6-3-9/h8-9H,1-7H2. The molecule has 0 radical (unpaired) electrons. The van der Waals surface area contributed by atoms with Crippen LogP contribution in [0.4, 0.5) is 0 Å². The summed E-state index contributed by atoms with van der Waals surface area (Å²) in [4.78, 5) is 0. The van der Waals surface area contributed by atoms with Crippen LogP contribution in [0.1, 0.15) is 18.5 Å². The van der Waals surface area contributed by atoms with Gasteiger partial charge in [0, 0.05) is 38.3 Å². The molecule has 4 nitrogen and oxygen atoms in total. The molecule has 1 aliphatic heterocycles. The van der Waals surface area contributed by atoms with Crippen LogP contribution in [0, 0.1) is 5.92 Å². The summed E-state index contributed by atoms with van der Waals surface area (Å²) in [7, 11) is 0. The fourth-order valence-electron chi connectivity index (χ4n) is 1.83. The molecule has 5 heteroatoms. The van der Waals surface area contributed by atoms with E-state index in [1.54, 1.807) is 0 Å². The Balaban J connectivity index is 1.86. The lowest BCUT2D eigenvalue weighted by molar-refractivity contribution is 0.0600. The van der Waals surface area contributed by atoms with E-state index in [1.165, 1.54) is 0 Å². The number of aryl methyl sites for hydroxylation is 1. The first kappa shape index (κ1) is 10.9. The summed E-state index contributed by atoms with van der Waals surface area (Å²) in [6.07, 6.45) is 5.06.